The second-order valence-electron chi connectivity index (χ2n) is 8.03. The second-order valence-corrected chi connectivity index (χ2v) is 12.2. The van der Waals surface area contributed by atoms with Gasteiger partial charge in [0.05, 0.1) is 0 Å². The van der Waals surface area contributed by atoms with Crippen LogP contribution in [0.25, 0.3) is 0 Å². The zero-order valence-electron chi connectivity index (χ0n) is 20.2. The average Bonchev–Trinajstić information content (AvgIpc) is 2.93. The molecular weight excluding hydrogens is 599 g/mol. The van der Waals surface area contributed by atoms with Crippen molar-refractivity contribution < 1.29 is 26.4 Å². The summed E-state index contributed by atoms with van der Waals surface area (Å²) in [5, 5.41) is 7.91. The highest BCUT2D eigenvalue weighted by Crippen LogP contribution is 2.32. The summed E-state index contributed by atoms with van der Waals surface area (Å²) in [6, 6.07) is 22.6. The summed E-state index contributed by atoms with van der Waals surface area (Å²) in [7, 11) is -8.98. The first-order chi connectivity index (χ1) is 19.0. The van der Waals surface area contributed by atoms with Gasteiger partial charge >= 0.3 is 0 Å². The van der Waals surface area contributed by atoms with Gasteiger partial charge in [-0.1, -0.05) is 59.6 Å². The molecule has 0 fully saturated rings. The summed E-state index contributed by atoms with van der Waals surface area (Å²) >= 11 is 12.0. The minimum absolute atomic E-state index is 0.0323. The fourth-order valence-electron chi connectivity index (χ4n) is 3.33. The molecule has 0 unspecified atom stereocenters. The Labute approximate surface area is 239 Å². The van der Waals surface area contributed by atoms with E-state index in [4.69, 9.17) is 23.2 Å². The van der Waals surface area contributed by atoms with E-state index in [-0.39, 0.29) is 32.5 Å². The number of amides is 2. The van der Waals surface area contributed by atoms with Crippen LogP contribution in [-0.4, -0.2) is 28.6 Å². The molecule has 4 aromatic carbocycles. The van der Waals surface area contributed by atoms with Crippen LogP contribution in [0, 0.1) is 0 Å². The van der Waals surface area contributed by atoms with Crippen molar-refractivity contribution in [2.45, 2.75) is 9.79 Å². The van der Waals surface area contributed by atoms with Gasteiger partial charge in [0.15, 0.2) is 0 Å². The van der Waals surface area contributed by atoms with Crippen LogP contribution < -0.4 is 9.44 Å². The summed E-state index contributed by atoms with van der Waals surface area (Å²) in [5.41, 5.74) is -0.288. The Morgan fingerprint density at radius 2 is 0.900 bits per heavy atom. The van der Waals surface area contributed by atoms with Gasteiger partial charge in [-0.05, 0) is 60.7 Å². The van der Waals surface area contributed by atoms with Crippen LogP contribution >= 0.6 is 23.2 Å². The van der Waals surface area contributed by atoms with Crippen LogP contribution in [-0.2, 0) is 20.0 Å². The zero-order valence-corrected chi connectivity index (χ0v) is 23.3. The lowest BCUT2D eigenvalue weighted by Crippen LogP contribution is -2.30. The van der Waals surface area contributed by atoms with Crippen molar-refractivity contribution in [3.05, 3.63) is 118 Å². The highest BCUT2D eigenvalue weighted by atomic mass is 35.5. The fourth-order valence-corrected chi connectivity index (χ4v) is 6.08. The summed E-state index contributed by atoms with van der Waals surface area (Å²) in [6.45, 7) is 0. The lowest BCUT2D eigenvalue weighted by molar-refractivity contribution is 0.0972. The lowest BCUT2D eigenvalue weighted by Gasteiger charge is -2.11. The van der Waals surface area contributed by atoms with Gasteiger partial charge in [0, 0.05) is 21.2 Å². The summed E-state index contributed by atoms with van der Waals surface area (Å²) in [5.74, 6) is -1.77. The van der Waals surface area contributed by atoms with Gasteiger partial charge < -0.3 is 0 Å². The number of benzene rings is 4. The smallest absolute Gasteiger partial charge is 0.266 e. The third-order valence-corrected chi connectivity index (χ3v) is 8.40. The Kier molecular flexibility index (Phi) is 8.64. The Balaban J connectivity index is 1.68. The topological polar surface area (TPSA) is 151 Å². The number of carbonyl (C=O) groups excluding carboxylic acids is 2. The highest BCUT2D eigenvalue weighted by molar-refractivity contribution is 7.90. The number of azo groups is 1. The fraction of sp³-hybridized carbons (Fsp3) is 0. The van der Waals surface area contributed by atoms with E-state index in [2.05, 4.69) is 10.2 Å². The molecule has 0 heterocycles. The van der Waals surface area contributed by atoms with E-state index in [0.717, 1.165) is 12.1 Å². The van der Waals surface area contributed by atoms with E-state index in [9.17, 15) is 26.4 Å². The number of nitrogens with one attached hydrogen (secondary N) is 2. The predicted octanol–water partition coefficient (Wildman–Crippen LogP) is 5.65. The van der Waals surface area contributed by atoms with Crippen molar-refractivity contribution in [3.8, 4) is 0 Å². The minimum Gasteiger partial charge on any atom is -0.268 e. The number of hydrogen-bond donors (Lipinski definition) is 2. The van der Waals surface area contributed by atoms with Crippen LogP contribution in [0.1, 0.15) is 20.7 Å². The maximum atomic E-state index is 13.1. The second kappa shape index (κ2) is 12.0. The number of nitrogens with zero attached hydrogens (tertiary/aromatic N) is 2. The molecule has 0 radical (unpaired) electrons. The van der Waals surface area contributed by atoms with E-state index >= 15 is 0 Å². The molecule has 10 nitrogen and oxygen atoms in total. The van der Waals surface area contributed by atoms with Gasteiger partial charge in [-0.2, -0.15) is 0 Å². The average molecular weight is 617 g/mol. The molecule has 2 amide bonds. The van der Waals surface area contributed by atoms with Gasteiger partial charge in [-0.25, -0.2) is 26.3 Å². The first-order valence-corrected chi connectivity index (χ1v) is 14.9. The molecule has 0 bridgehead atoms. The third-order valence-electron chi connectivity index (χ3n) is 5.21. The Morgan fingerprint density at radius 3 is 1.25 bits per heavy atom. The molecule has 0 aromatic heterocycles. The summed E-state index contributed by atoms with van der Waals surface area (Å²) in [4.78, 5) is 24.0. The number of hydrogen-bond acceptors (Lipinski definition) is 8. The molecule has 4 rings (SSSR count). The van der Waals surface area contributed by atoms with E-state index in [1.165, 1.54) is 48.5 Å². The van der Waals surface area contributed by atoms with Crippen molar-refractivity contribution in [1.29, 1.82) is 0 Å². The molecule has 14 heteroatoms. The number of rotatable bonds is 8. The summed E-state index contributed by atoms with van der Waals surface area (Å²) in [6.07, 6.45) is 0. The molecular formula is C26H18Cl2N4O6S2. The predicted molar refractivity (Wildman–Crippen MR) is 149 cm³/mol. The first kappa shape index (κ1) is 28.9. The third kappa shape index (κ3) is 6.90. The first-order valence-electron chi connectivity index (χ1n) is 11.2. The quantitative estimate of drug-likeness (QED) is 0.244. The van der Waals surface area contributed by atoms with E-state index < -0.39 is 41.7 Å². The maximum absolute atomic E-state index is 13.1. The molecule has 2 N–H and O–H groups in total. The zero-order chi connectivity index (χ0) is 28.9. The van der Waals surface area contributed by atoms with Gasteiger partial charge in [0.2, 0.25) is 0 Å². The molecule has 40 heavy (non-hydrogen) atoms. The van der Waals surface area contributed by atoms with Gasteiger partial charge in [-0.3, -0.25) is 9.59 Å². The number of carbonyl (C=O) groups is 2. The van der Waals surface area contributed by atoms with E-state index in [1.807, 2.05) is 9.44 Å². The van der Waals surface area contributed by atoms with Crippen LogP contribution in [0.2, 0.25) is 10.0 Å². The molecule has 0 spiro atoms. The van der Waals surface area contributed by atoms with Gasteiger partial charge in [0.1, 0.15) is 21.2 Å². The van der Waals surface area contributed by atoms with Crippen LogP contribution in [0.5, 0.6) is 0 Å². The molecule has 0 aliphatic heterocycles. The molecule has 0 saturated heterocycles. The van der Waals surface area contributed by atoms with Crippen molar-refractivity contribution >= 4 is 66.4 Å². The molecule has 0 atom stereocenters. The Morgan fingerprint density at radius 1 is 0.550 bits per heavy atom. The Bertz CT molecular complexity index is 1700. The van der Waals surface area contributed by atoms with Crippen molar-refractivity contribution in [3.63, 3.8) is 0 Å². The molecule has 0 aliphatic rings. The van der Waals surface area contributed by atoms with Crippen LogP contribution in [0.4, 0.5) is 11.4 Å². The lowest BCUT2D eigenvalue weighted by atomic mass is 10.2. The highest BCUT2D eigenvalue weighted by Gasteiger charge is 2.25. The monoisotopic (exact) mass is 616 g/mol. The normalized spacial score (nSPS) is 11.8. The van der Waals surface area contributed by atoms with Gasteiger partial charge in [-0.15, -0.1) is 10.2 Å². The Hall–Kier alpha value is -4.10. The van der Waals surface area contributed by atoms with Gasteiger partial charge in [0.25, 0.3) is 31.9 Å². The van der Waals surface area contributed by atoms with E-state index in [0.29, 0.717) is 0 Å². The molecule has 0 aliphatic carbocycles. The largest absolute Gasteiger partial charge is 0.268 e. The molecule has 4 aromatic rings. The molecule has 0 saturated carbocycles. The minimum atomic E-state index is -4.49. The van der Waals surface area contributed by atoms with E-state index in [1.54, 1.807) is 36.4 Å². The SMILES string of the molecule is O=C(NS(=O)(=O)c1cc(Cl)ccc1N=Nc1ccc(Cl)cc1S(=O)(=O)NC(=O)c1ccccc1)c1ccccc1. The van der Waals surface area contributed by atoms with Crippen LogP contribution in [0.3, 0.4) is 0 Å². The number of halogens is 2. The van der Waals surface area contributed by atoms with Crippen molar-refractivity contribution in [2.24, 2.45) is 10.2 Å². The molecule has 204 valence electrons. The van der Waals surface area contributed by atoms with Crippen molar-refractivity contribution in [1.82, 2.24) is 9.44 Å². The van der Waals surface area contributed by atoms with Crippen LogP contribution in [0.15, 0.2) is 117 Å². The summed E-state index contributed by atoms with van der Waals surface area (Å²) < 4.78 is 56.2. The number of sulfonamides is 2. The maximum Gasteiger partial charge on any atom is 0.266 e. The standard InChI is InChI=1S/C26H18Cl2N4O6S2/c27-19-11-13-21(23(15-19)39(35,36)31-25(33)17-7-3-1-4-8-17)29-30-22-14-12-20(28)16-24(22)40(37,38)32-26(34)18-9-5-2-6-10-18/h1-16H,(H,31,33)(H,32,34). The van der Waals surface area contributed by atoms with Crippen molar-refractivity contribution in [2.75, 3.05) is 0 Å².